The van der Waals surface area contributed by atoms with E-state index in [4.69, 9.17) is 11.6 Å². The highest BCUT2D eigenvalue weighted by Gasteiger charge is 2.67. The van der Waals surface area contributed by atoms with E-state index in [1.807, 2.05) is 13.0 Å². The molecule has 0 amide bonds. The number of hydrogen-bond acceptors (Lipinski definition) is 7. The molecule has 0 bridgehead atoms. The van der Waals surface area contributed by atoms with Gasteiger partial charge in [-0.05, 0) is 62.2 Å². The van der Waals surface area contributed by atoms with E-state index in [2.05, 4.69) is 21.9 Å². The summed E-state index contributed by atoms with van der Waals surface area (Å²) in [4.78, 5) is 37.3. The number of aromatic nitrogens is 3. The van der Waals surface area contributed by atoms with Crippen LogP contribution in [0.2, 0.25) is 5.02 Å². The summed E-state index contributed by atoms with van der Waals surface area (Å²) >= 11 is 7.26. The smallest absolute Gasteiger partial charge is 0.178 e. The number of ketones is 2. The van der Waals surface area contributed by atoms with Crippen molar-refractivity contribution in [2.24, 2.45) is 28.6 Å². The van der Waals surface area contributed by atoms with Crippen LogP contribution in [0.1, 0.15) is 46.0 Å². The zero-order valence-corrected chi connectivity index (χ0v) is 21.9. The number of nitrogens with zero attached hydrogens (tertiary/aromatic N) is 2. The standard InChI is InChI=1S/C27H30ClN3O4S/c1-25-7-5-16(32)9-14(25)3-4-17-18-6-8-27(35,26(18,2)11-20(33)22(17)25)21(34)13-36-24-30-19-10-15(28)12-29-23(19)31-24/h5,7,9-10,12,17-18,20,22,33,35H,3-4,6,8,11,13H2,1-2H3,(H,29,30,31)/t17?,18?,20-,22?,25?,26?,27-/m0/s1. The normalized spacial score (nSPS) is 39.5. The number of nitrogens with one attached hydrogen (secondary N) is 1. The maximum Gasteiger partial charge on any atom is 0.178 e. The third kappa shape index (κ3) is 3.41. The fraction of sp³-hybridized carbons (Fsp3) is 0.556. The van der Waals surface area contributed by atoms with Crippen molar-refractivity contribution in [3.8, 4) is 0 Å². The lowest BCUT2D eigenvalue weighted by atomic mass is 9.46. The van der Waals surface area contributed by atoms with Crippen molar-refractivity contribution in [2.45, 2.75) is 62.8 Å². The molecule has 0 aromatic carbocycles. The Hall–Kier alpha value is -2.00. The molecule has 36 heavy (non-hydrogen) atoms. The second-order valence-corrected chi connectivity index (χ2v) is 12.8. The van der Waals surface area contributed by atoms with Crippen LogP contribution in [0.25, 0.3) is 11.2 Å². The molecule has 7 nitrogen and oxygen atoms in total. The third-order valence-electron chi connectivity index (χ3n) is 9.73. The molecule has 4 aliphatic rings. The minimum Gasteiger partial charge on any atom is -0.393 e. The Kier molecular flexibility index (Phi) is 5.58. The molecule has 2 aromatic rings. The number of Topliss-reactive ketones (excluding diaryl/α,β-unsaturated/α-hetero) is 1. The number of imidazole rings is 1. The Balaban J connectivity index is 1.24. The number of allylic oxidation sites excluding steroid dienone is 4. The van der Waals surface area contributed by atoms with Gasteiger partial charge in [0.15, 0.2) is 22.4 Å². The number of pyridine rings is 1. The van der Waals surface area contributed by atoms with Crippen LogP contribution in [0.15, 0.2) is 41.2 Å². The molecule has 4 aliphatic carbocycles. The van der Waals surface area contributed by atoms with Crippen molar-refractivity contribution in [3.63, 3.8) is 0 Å². The maximum absolute atomic E-state index is 13.6. The van der Waals surface area contributed by atoms with E-state index in [9.17, 15) is 19.8 Å². The number of rotatable bonds is 4. The first-order chi connectivity index (χ1) is 17.0. The molecule has 5 unspecified atom stereocenters. The summed E-state index contributed by atoms with van der Waals surface area (Å²) in [6.07, 6.45) is 9.38. The molecule has 0 aliphatic heterocycles. The lowest BCUT2D eigenvalue weighted by Crippen LogP contribution is -2.61. The molecule has 2 heterocycles. The average Bonchev–Trinajstić information content (AvgIpc) is 3.35. The van der Waals surface area contributed by atoms with Gasteiger partial charge in [-0.1, -0.05) is 48.9 Å². The largest absolute Gasteiger partial charge is 0.393 e. The Morgan fingerprint density at radius 1 is 1.33 bits per heavy atom. The topological polar surface area (TPSA) is 116 Å². The summed E-state index contributed by atoms with van der Waals surface area (Å²) in [7, 11) is 0. The number of halogens is 1. The highest BCUT2D eigenvalue weighted by molar-refractivity contribution is 7.99. The third-order valence-corrected chi connectivity index (χ3v) is 10.8. The van der Waals surface area contributed by atoms with Gasteiger partial charge in [-0.3, -0.25) is 9.59 Å². The molecule has 3 N–H and O–H groups in total. The van der Waals surface area contributed by atoms with Gasteiger partial charge in [-0.15, -0.1) is 0 Å². The van der Waals surface area contributed by atoms with Crippen LogP contribution in [0, 0.1) is 28.6 Å². The van der Waals surface area contributed by atoms with Gasteiger partial charge in [0, 0.05) is 22.9 Å². The maximum atomic E-state index is 13.6. The summed E-state index contributed by atoms with van der Waals surface area (Å²) in [6.45, 7) is 4.12. The zero-order chi connectivity index (χ0) is 25.5. The first-order valence-corrected chi connectivity index (χ1v) is 13.9. The molecule has 3 saturated carbocycles. The first kappa shape index (κ1) is 24.3. The predicted octanol–water partition coefficient (Wildman–Crippen LogP) is 4.28. The molecule has 9 heteroatoms. The van der Waals surface area contributed by atoms with E-state index in [-0.39, 0.29) is 40.5 Å². The predicted molar refractivity (Wildman–Crippen MR) is 138 cm³/mol. The summed E-state index contributed by atoms with van der Waals surface area (Å²) < 4.78 is 0. The highest BCUT2D eigenvalue weighted by Crippen LogP contribution is 2.67. The summed E-state index contributed by atoms with van der Waals surface area (Å²) in [5.41, 5.74) is -0.250. The van der Waals surface area contributed by atoms with Gasteiger partial charge in [-0.25, -0.2) is 9.97 Å². The number of aliphatic hydroxyl groups excluding tert-OH is 1. The molecule has 190 valence electrons. The van der Waals surface area contributed by atoms with Gasteiger partial charge < -0.3 is 15.2 Å². The van der Waals surface area contributed by atoms with E-state index in [1.54, 1.807) is 18.2 Å². The molecule has 0 saturated heterocycles. The van der Waals surface area contributed by atoms with Gasteiger partial charge in [0.2, 0.25) is 0 Å². The van der Waals surface area contributed by atoms with E-state index < -0.39 is 17.1 Å². The van der Waals surface area contributed by atoms with Crippen LogP contribution in [0.3, 0.4) is 0 Å². The number of H-pyrrole nitrogens is 1. The summed E-state index contributed by atoms with van der Waals surface area (Å²) in [6, 6.07) is 1.74. The van der Waals surface area contributed by atoms with E-state index >= 15 is 0 Å². The lowest BCUT2D eigenvalue weighted by molar-refractivity contribution is -0.174. The molecule has 2 aromatic heterocycles. The molecule has 3 fully saturated rings. The number of aliphatic hydroxyl groups is 2. The quantitative estimate of drug-likeness (QED) is 0.508. The SMILES string of the molecule is CC12C=CC(=O)C=C1CCC1C2[C@@H](O)CC2(C)C1CC[C@]2(O)C(=O)CSc1nc2ncc(Cl)cc2[nH]1. The second kappa shape index (κ2) is 8.25. The van der Waals surface area contributed by atoms with Crippen molar-refractivity contribution in [1.82, 2.24) is 15.0 Å². The molecule has 0 radical (unpaired) electrons. The fourth-order valence-corrected chi connectivity index (χ4v) is 8.96. The summed E-state index contributed by atoms with van der Waals surface area (Å²) in [5, 5.41) is 24.5. The van der Waals surface area contributed by atoms with Crippen molar-refractivity contribution < 1.29 is 19.8 Å². The second-order valence-electron chi connectivity index (χ2n) is 11.4. The van der Waals surface area contributed by atoms with E-state index in [0.29, 0.717) is 34.2 Å². The van der Waals surface area contributed by atoms with Crippen molar-refractivity contribution >= 4 is 46.1 Å². The average molecular weight is 528 g/mol. The molecular weight excluding hydrogens is 498 g/mol. The number of fused-ring (bicyclic) bond motifs is 6. The number of hydrogen-bond donors (Lipinski definition) is 3. The van der Waals surface area contributed by atoms with Crippen molar-refractivity contribution in [2.75, 3.05) is 5.75 Å². The fourth-order valence-electron chi connectivity index (χ4n) is 7.96. The van der Waals surface area contributed by atoms with Crippen LogP contribution in [-0.2, 0) is 9.59 Å². The van der Waals surface area contributed by atoms with Gasteiger partial charge in [0.05, 0.1) is 22.4 Å². The Morgan fingerprint density at radius 3 is 2.94 bits per heavy atom. The van der Waals surface area contributed by atoms with Gasteiger partial charge in [-0.2, -0.15) is 0 Å². The highest BCUT2D eigenvalue weighted by atomic mass is 35.5. The Morgan fingerprint density at radius 2 is 2.14 bits per heavy atom. The van der Waals surface area contributed by atoms with E-state index in [0.717, 1.165) is 24.8 Å². The van der Waals surface area contributed by atoms with E-state index in [1.165, 1.54) is 18.0 Å². The van der Waals surface area contributed by atoms with Gasteiger partial charge in [0.1, 0.15) is 5.60 Å². The van der Waals surface area contributed by atoms with Crippen molar-refractivity contribution in [1.29, 1.82) is 0 Å². The zero-order valence-electron chi connectivity index (χ0n) is 20.3. The van der Waals surface area contributed by atoms with Crippen LogP contribution in [0.5, 0.6) is 0 Å². The van der Waals surface area contributed by atoms with Crippen LogP contribution < -0.4 is 0 Å². The van der Waals surface area contributed by atoms with Gasteiger partial charge in [0.25, 0.3) is 0 Å². The minimum atomic E-state index is -1.50. The van der Waals surface area contributed by atoms with Crippen LogP contribution in [0.4, 0.5) is 0 Å². The first-order valence-electron chi connectivity index (χ1n) is 12.6. The van der Waals surface area contributed by atoms with Gasteiger partial charge >= 0.3 is 0 Å². The number of carbonyl (C=O) groups is 2. The van der Waals surface area contributed by atoms with Crippen LogP contribution >= 0.6 is 23.4 Å². The van der Waals surface area contributed by atoms with Crippen molar-refractivity contribution in [3.05, 3.63) is 41.1 Å². The minimum absolute atomic E-state index is 0.0118. The summed E-state index contributed by atoms with van der Waals surface area (Å²) in [5.74, 6) is 0.150. The molecule has 6 rings (SSSR count). The molecule has 7 atom stereocenters. The molecular formula is C27H30ClN3O4S. The van der Waals surface area contributed by atoms with Crippen LogP contribution in [-0.4, -0.2) is 54.2 Å². The number of aromatic amines is 1. The number of carbonyl (C=O) groups excluding carboxylic acids is 2. The Bertz CT molecular complexity index is 1340. The number of thioether (sulfide) groups is 1. The molecule has 0 spiro atoms. The Labute approximate surface area is 218 Å². The monoisotopic (exact) mass is 527 g/mol. The lowest BCUT2D eigenvalue weighted by Gasteiger charge is -2.59.